The summed E-state index contributed by atoms with van der Waals surface area (Å²) in [6.07, 6.45) is 6.53. The van der Waals surface area contributed by atoms with Gasteiger partial charge in [0, 0.05) is 0 Å². The number of hydrogen-bond acceptors (Lipinski definition) is 2. The number of hydrogen-bond donors (Lipinski definition) is 1. The second-order valence-electron chi connectivity index (χ2n) is 3.77. The molecule has 1 N–H and O–H groups in total. The van der Waals surface area contributed by atoms with E-state index in [2.05, 4.69) is 5.92 Å². The van der Waals surface area contributed by atoms with Crippen LogP contribution in [0.5, 0.6) is 5.75 Å². The third kappa shape index (κ3) is 3.65. The lowest BCUT2D eigenvalue weighted by Gasteiger charge is -2.15. The Morgan fingerprint density at radius 2 is 2.00 bits per heavy atom. The smallest absolute Gasteiger partial charge is 0.122 e. The molecule has 0 saturated heterocycles. The van der Waals surface area contributed by atoms with Crippen LogP contribution < -0.4 is 4.74 Å². The molecule has 1 atom stereocenters. The number of aryl methyl sites for hydroxylation is 1. The first kappa shape index (κ1) is 11.6. The Bertz CT molecular complexity index is 344. The molecule has 0 aliphatic heterocycles. The highest BCUT2D eigenvalue weighted by Gasteiger charge is 2.15. The average Bonchev–Trinajstić information content (AvgIpc) is 2.27. The Balaban J connectivity index is 2.56. The molecule has 0 aromatic heterocycles. The number of aliphatic hydroxyl groups is 1. The van der Waals surface area contributed by atoms with E-state index in [1.54, 1.807) is 14.0 Å². The number of terminal acetylenes is 1. The molecule has 80 valence electrons. The molecule has 2 heteroatoms. The lowest BCUT2D eigenvalue weighted by atomic mass is 9.98. The molecule has 0 saturated carbocycles. The van der Waals surface area contributed by atoms with Crippen LogP contribution in [0, 0.1) is 12.3 Å². The van der Waals surface area contributed by atoms with Crippen molar-refractivity contribution < 1.29 is 9.84 Å². The third-order valence-corrected chi connectivity index (χ3v) is 2.37. The SMILES string of the molecule is C#C[C@](C)(O)CCc1ccc(OC)cc1. The zero-order valence-electron chi connectivity index (χ0n) is 9.16. The van der Waals surface area contributed by atoms with E-state index in [0.29, 0.717) is 6.42 Å². The molecule has 0 unspecified atom stereocenters. The average molecular weight is 204 g/mol. The molecule has 1 aromatic carbocycles. The summed E-state index contributed by atoms with van der Waals surface area (Å²) in [4.78, 5) is 0. The Morgan fingerprint density at radius 1 is 1.40 bits per heavy atom. The molecule has 0 radical (unpaired) electrons. The number of rotatable bonds is 4. The summed E-state index contributed by atoms with van der Waals surface area (Å²) in [7, 11) is 1.64. The number of methoxy groups -OCH3 is 1. The minimum Gasteiger partial charge on any atom is -0.497 e. The molecule has 0 aliphatic carbocycles. The van der Waals surface area contributed by atoms with E-state index >= 15 is 0 Å². The van der Waals surface area contributed by atoms with E-state index < -0.39 is 5.60 Å². The minimum absolute atomic E-state index is 0.565. The van der Waals surface area contributed by atoms with E-state index in [9.17, 15) is 5.11 Å². The van der Waals surface area contributed by atoms with Crippen LogP contribution in [0.1, 0.15) is 18.9 Å². The van der Waals surface area contributed by atoms with Crippen molar-refractivity contribution in [2.24, 2.45) is 0 Å². The van der Waals surface area contributed by atoms with Crippen molar-refractivity contribution in [3.63, 3.8) is 0 Å². The zero-order valence-corrected chi connectivity index (χ0v) is 9.16. The molecular formula is C13H16O2. The van der Waals surface area contributed by atoms with Crippen LogP contribution in [-0.4, -0.2) is 17.8 Å². The van der Waals surface area contributed by atoms with Gasteiger partial charge < -0.3 is 9.84 Å². The van der Waals surface area contributed by atoms with Gasteiger partial charge in [0.25, 0.3) is 0 Å². The second-order valence-corrected chi connectivity index (χ2v) is 3.77. The van der Waals surface area contributed by atoms with E-state index in [1.807, 2.05) is 24.3 Å². The van der Waals surface area contributed by atoms with E-state index in [1.165, 1.54) is 0 Å². The Morgan fingerprint density at radius 3 is 2.47 bits per heavy atom. The van der Waals surface area contributed by atoms with Crippen molar-refractivity contribution >= 4 is 0 Å². The first-order valence-electron chi connectivity index (χ1n) is 4.90. The van der Waals surface area contributed by atoms with Crippen LogP contribution in [-0.2, 0) is 6.42 Å². The molecule has 0 amide bonds. The summed E-state index contributed by atoms with van der Waals surface area (Å²) >= 11 is 0. The van der Waals surface area contributed by atoms with Gasteiger partial charge in [-0.15, -0.1) is 6.42 Å². The highest BCUT2D eigenvalue weighted by atomic mass is 16.5. The van der Waals surface area contributed by atoms with E-state index in [4.69, 9.17) is 11.2 Å². The summed E-state index contributed by atoms with van der Waals surface area (Å²) < 4.78 is 5.05. The Labute approximate surface area is 90.9 Å². The summed E-state index contributed by atoms with van der Waals surface area (Å²) in [6, 6.07) is 7.76. The van der Waals surface area contributed by atoms with Gasteiger partial charge in [0.15, 0.2) is 0 Å². The normalized spacial score (nSPS) is 14.0. The van der Waals surface area contributed by atoms with Crippen LogP contribution in [0.3, 0.4) is 0 Å². The topological polar surface area (TPSA) is 29.5 Å². The number of benzene rings is 1. The summed E-state index contributed by atoms with van der Waals surface area (Å²) in [5.41, 5.74) is 0.131. The van der Waals surface area contributed by atoms with Crippen molar-refractivity contribution in [1.29, 1.82) is 0 Å². The maximum Gasteiger partial charge on any atom is 0.122 e. The quantitative estimate of drug-likeness (QED) is 0.760. The van der Waals surface area contributed by atoms with Crippen LogP contribution in [0.15, 0.2) is 24.3 Å². The van der Waals surface area contributed by atoms with E-state index in [-0.39, 0.29) is 0 Å². The lowest BCUT2D eigenvalue weighted by molar-refractivity contribution is 0.113. The molecule has 0 bridgehead atoms. The molecule has 15 heavy (non-hydrogen) atoms. The fourth-order valence-electron chi connectivity index (χ4n) is 1.25. The monoisotopic (exact) mass is 204 g/mol. The van der Waals surface area contributed by atoms with Gasteiger partial charge >= 0.3 is 0 Å². The maximum atomic E-state index is 9.62. The van der Waals surface area contributed by atoms with Crippen LogP contribution in [0.25, 0.3) is 0 Å². The van der Waals surface area contributed by atoms with Crippen LogP contribution >= 0.6 is 0 Å². The summed E-state index contributed by atoms with van der Waals surface area (Å²) in [6.45, 7) is 1.65. The van der Waals surface area contributed by atoms with Crippen molar-refractivity contribution in [3.05, 3.63) is 29.8 Å². The van der Waals surface area contributed by atoms with Gasteiger partial charge in [0.05, 0.1) is 7.11 Å². The lowest BCUT2D eigenvalue weighted by Crippen LogP contribution is -2.21. The first-order valence-corrected chi connectivity index (χ1v) is 4.90. The molecular weight excluding hydrogens is 188 g/mol. The molecule has 2 nitrogen and oxygen atoms in total. The molecule has 1 rings (SSSR count). The summed E-state index contributed by atoms with van der Waals surface area (Å²) in [5.74, 6) is 3.20. The molecule has 0 aliphatic rings. The molecule has 0 heterocycles. The van der Waals surface area contributed by atoms with Crippen molar-refractivity contribution in [2.45, 2.75) is 25.4 Å². The van der Waals surface area contributed by atoms with Crippen molar-refractivity contribution in [3.8, 4) is 18.1 Å². The van der Waals surface area contributed by atoms with Crippen LogP contribution in [0.2, 0.25) is 0 Å². The zero-order chi connectivity index (χ0) is 11.3. The molecule has 1 aromatic rings. The standard InChI is InChI=1S/C13H16O2/c1-4-13(2,14)10-9-11-5-7-12(15-3)8-6-11/h1,5-8,14H,9-10H2,2-3H3/t13-/m0/s1. The van der Waals surface area contributed by atoms with Gasteiger partial charge in [-0.2, -0.15) is 0 Å². The van der Waals surface area contributed by atoms with Gasteiger partial charge in [-0.05, 0) is 37.5 Å². The minimum atomic E-state index is -1.01. The summed E-state index contributed by atoms with van der Waals surface area (Å²) in [5, 5.41) is 9.62. The van der Waals surface area contributed by atoms with Gasteiger partial charge in [-0.1, -0.05) is 18.1 Å². The predicted octanol–water partition coefficient (Wildman–Crippen LogP) is 2.01. The van der Waals surface area contributed by atoms with Crippen molar-refractivity contribution in [2.75, 3.05) is 7.11 Å². The highest BCUT2D eigenvalue weighted by Crippen LogP contribution is 2.16. The van der Waals surface area contributed by atoms with E-state index in [0.717, 1.165) is 17.7 Å². The number of ether oxygens (including phenoxy) is 1. The largest absolute Gasteiger partial charge is 0.497 e. The van der Waals surface area contributed by atoms with Gasteiger partial charge in [-0.3, -0.25) is 0 Å². The predicted molar refractivity (Wildman–Crippen MR) is 60.8 cm³/mol. The highest BCUT2D eigenvalue weighted by molar-refractivity contribution is 5.27. The van der Waals surface area contributed by atoms with Gasteiger partial charge in [0.2, 0.25) is 0 Å². The first-order chi connectivity index (χ1) is 7.07. The molecule has 0 fully saturated rings. The van der Waals surface area contributed by atoms with Gasteiger partial charge in [0.1, 0.15) is 11.4 Å². The van der Waals surface area contributed by atoms with Crippen molar-refractivity contribution in [1.82, 2.24) is 0 Å². The fraction of sp³-hybridized carbons (Fsp3) is 0.385. The Hall–Kier alpha value is -1.46. The molecule has 0 spiro atoms. The van der Waals surface area contributed by atoms with Crippen LogP contribution in [0.4, 0.5) is 0 Å². The Kier molecular flexibility index (Phi) is 3.76. The second kappa shape index (κ2) is 4.86. The fourth-order valence-corrected chi connectivity index (χ4v) is 1.25. The van der Waals surface area contributed by atoms with Gasteiger partial charge in [-0.25, -0.2) is 0 Å². The maximum absolute atomic E-state index is 9.62. The third-order valence-electron chi connectivity index (χ3n) is 2.37.